The summed E-state index contributed by atoms with van der Waals surface area (Å²) >= 11 is 0. The van der Waals surface area contributed by atoms with Crippen LogP contribution in [-0.2, 0) is 0 Å². The Bertz CT molecular complexity index is 307. The standard InChI is InChI=1S/C26H54/c1-10-13-17-22(6)26(12-3)19-23(7)25(9)24(8)21(5)18-14-16-20(4)15-11-2/h20-26H,10-19H2,1-9H3. The van der Waals surface area contributed by atoms with Crippen molar-refractivity contribution in [1.29, 1.82) is 0 Å². The molecule has 0 aliphatic heterocycles. The number of rotatable bonds is 16. The largest absolute Gasteiger partial charge is 0.0654 e. The van der Waals surface area contributed by atoms with Gasteiger partial charge in [-0.05, 0) is 47.8 Å². The summed E-state index contributed by atoms with van der Waals surface area (Å²) in [7, 11) is 0. The highest BCUT2D eigenvalue weighted by Gasteiger charge is 2.27. The summed E-state index contributed by atoms with van der Waals surface area (Å²) in [6.07, 6.45) is 14.0. The molecule has 7 atom stereocenters. The monoisotopic (exact) mass is 366 g/mol. The van der Waals surface area contributed by atoms with Crippen molar-refractivity contribution < 1.29 is 0 Å². The third-order valence-corrected chi connectivity index (χ3v) is 7.78. The number of hydrogen-bond donors (Lipinski definition) is 0. The van der Waals surface area contributed by atoms with Crippen LogP contribution in [0.25, 0.3) is 0 Å². The Labute approximate surface area is 168 Å². The number of hydrogen-bond acceptors (Lipinski definition) is 0. The van der Waals surface area contributed by atoms with E-state index in [0.717, 1.165) is 41.4 Å². The minimum absolute atomic E-state index is 0.852. The zero-order chi connectivity index (χ0) is 20.1. The van der Waals surface area contributed by atoms with E-state index in [1.165, 1.54) is 64.2 Å². The van der Waals surface area contributed by atoms with Crippen molar-refractivity contribution in [2.24, 2.45) is 41.4 Å². The van der Waals surface area contributed by atoms with Crippen LogP contribution in [-0.4, -0.2) is 0 Å². The Morgan fingerprint density at radius 3 is 1.65 bits per heavy atom. The first-order valence-corrected chi connectivity index (χ1v) is 12.3. The molecule has 0 amide bonds. The molecule has 0 aromatic rings. The van der Waals surface area contributed by atoms with Gasteiger partial charge in [0.15, 0.2) is 0 Å². The number of unbranched alkanes of at least 4 members (excludes halogenated alkanes) is 1. The molecule has 0 aliphatic carbocycles. The molecule has 0 radical (unpaired) electrons. The first-order chi connectivity index (χ1) is 12.3. The molecule has 0 fully saturated rings. The second-order valence-corrected chi connectivity index (χ2v) is 10.0. The van der Waals surface area contributed by atoms with Gasteiger partial charge < -0.3 is 0 Å². The van der Waals surface area contributed by atoms with Gasteiger partial charge in [-0.15, -0.1) is 0 Å². The van der Waals surface area contributed by atoms with Crippen molar-refractivity contribution in [2.75, 3.05) is 0 Å². The minimum Gasteiger partial charge on any atom is -0.0654 e. The molecule has 0 heterocycles. The first kappa shape index (κ1) is 26.0. The highest BCUT2D eigenvalue weighted by atomic mass is 14.3. The van der Waals surface area contributed by atoms with E-state index >= 15 is 0 Å². The molecule has 0 aliphatic rings. The lowest BCUT2D eigenvalue weighted by Gasteiger charge is -2.34. The molecule has 0 rings (SSSR count). The molecule has 0 saturated carbocycles. The van der Waals surface area contributed by atoms with Crippen LogP contribution in [0.5, 0.6) is 0 Å². The molecule has 0 N–H and O–H groups in total. The van der Waals surface area contributed by atoms with Gasteiger partial charge in [0.2, 0.25) is 0 Å². The van der Waals surface area contributed by atoms with Gasteiger partial charge in [0.1, 0.15) is 0 Å². The Kier molecular flexibility index (Phi) is 15.0. The summed E-state index contributed by atoms with van der Waals surface area (Å²) in [6.45, 7) is 22.1. The van der Waals surface area contributed by atoms with Gasteiger partial charge in [-0.3, -0.25) is 0 Å². The fraction of sp³-hybridized carbons (Fsp3) is 1.00. The molecule has 158 valence electrons. The van der Waals surface area contributed by atoms with Crippen LogP contribution >= 0.6 is 0 Å². The summed E-state index contributed by atoms with van der Waals surface area (Å²) in [5.41, 5.74) is 0. The topological polar surface area (TPSA) is 0 Å². The van der Waals surface area contributed by atoms with Crippen LogP contribution in [0, 0.1) is 41.4 Å². The second kappa shape index (κ2) is 15.0. The third kappa shape index (κ3) is 10.4. The quantitative estimate of drug-likeness (QED) is 0.255. The molecule has 0 bridgehead atoms. The van der Waals surface area contributed by atoms with Crippen molar-refractivity contribution in [3.63, 3.8) is 0 Å². The summed E-state index contributed by atoms with van der Waals surface area (Å²) in [5.74, 6) is 6.20. The summed E-state index contributed by atoms with van der Waals surface area (Å²) in [4.78, 5) is 0. The van der Waals surface area contributed by atoms with Crippen LogP contribution < -0.4 is 0 Å². The maximum Gasteiger partial charge on any atom is -0.0388 e. The predicted molar refractivity (Wildman–Crippen MR) is 122 cm³/mol. The van der Waals surface area contributed by atoms with Crippen molar-refractivity contribution in [3.05, 3.63) is 0 Å². The first-order valence-electron chi connectivity index (χ1n) is 12.3. The van der Waals surface area contributed by atoms with Gasteiger partial charge in [-0.25, -0.2) is 0 Å². The van der Waals surface area contributed by atoms with Gasteiger partial charge >= 0.3 is 0 Å². The molecule has 0 aromatic heterocycles. The van der Waals surface area contributed by atoms with E-state index in [9.17, 15) is 0 Å². The Hall–Kier alpha value is 0. The van der Waals surface area contributed by atoms with Gasteiger partial charge in [0.05, 0.1) is 0 Å². The smallest absolute Gasteiger partial charge is 0.0388 e. The SMILES string of the molecule is CCCCC(C)C(CC)CC(C)C(C)C(C)C(C)CCCC(C)CCC. The Balaban J connectivity index is 4.38. The molecule has 7 unspecified atom stereocenters. The van der Waals surface area contributed by atoms with Crippen LogP contribution in [0.15, 0.2) is 0 Å². The van der Waals surface area contributed by atoms with Crippen molar-refractivity contribution in [2.45, 2.75) is 127 Å². The zero-order valence-electron chi connectivity index (χ0n) is 20.1. The molecule has 0 spiro atoms. The second-order valence-electron chi connectivity index (χ2n) is 10.0. The molecular weight excluding hydrogens is 312 g/mol. The minimum atomic E-state index is 0.852. The summed E-state index contributed by atoms with van der Waals surface area (Å²) < 4.78 is 0. The van der Waals surface area contributed by atoms with Gasteiger partial charge in [0, 0.05) is 0 Å². The Morgan fingerprint density at radius 1 is 0.538 bits per heavy atom. The van der Waals surface area contributed by atoms with Crippen molar-refractivity contribution in [3.8, 4) is 0 Å². The predicted octanol–water partition coefficient (Wildman–Crippen LogP) is 9.38. The molecule has 26 heavy (non-hydrogen) atoms. The Morgan fingerprint density at radius 2 is 1.12 bits per heavy atom. The average Bonchev–Trinajstić information content (AvgIpc) is 2.62. The average molecular weight is 367 g/mol. The maximum absolute atomic E-state index is 2.54. The molecule has 0 nitrogen and oxygen atoms in total. The lowest BCUT2D eigenvalue weighted by Crippen LogP contribution is -2.25. The maximum atomic E-state index is 2.54. The summed E-state index contributed by atoms with van der Waals surface area (Å²) in [6, 6.07) is 0. The van der Waals surface area contributed by atoms with Crippen LogP contribution in [0.4, 0.5) is 0 Å². The van der Waals surface area contributed by atoms with E-state index in [2.05, 4.69) is 62.3 Å². The molecule has 0 saturated heterocycles. The van der Waals surface area contributed by atoms with Crippen molar-refractivity contribution >= 4 is 0 Å². The molecule has 0 aromatic carbocycles. The zero-order valence-corrected chi connectivity index (χ0v) is 20.1. The van der Waals surface area contributed by atoms with Gasteiger partial charge in [-0.2, -0.15) is 0 Å². The fourth-order valence-corrected chi connectivity index (χ4v) is 4.98. The van der Waals surface area contributed by atoms with E-state index in [4.69, 9.17) is 0 Å². The van der Waals surface area contributed by atoms with Crippen LogP contribution in [0.1, 0.15) is 127 Å². The molecule has 0 heteroatoms. The molecular formula is C26H54. The lowest BCUT2D eigenvalue weighted by molar-refractivity contribution is 0.159. The fourth-order valence-electron chi connectivity index (χ4n) is 4.98. The van der Waals surface area contributed by atoms with Gasteiger partial charge in [-0.1, -0.05) is 120 Å². The van der Waals surface area contributed by atoms with Crippen LogP contribution in [0.2, 0.25) is 0 Å². The van der Waals surface area contributed by atoms with Crippen LogP contribution in [0.3, 0.4) is 0 Å². The van der Waals surface area contributed by atoms with E-state index in [1.807, 2.05) is 0 Å². The third-order valence-electron chi connectivity index (χ3n) is 7.78. The van der Waals surface area contributed by atoms with E-state index < -0.39 is 0 Å². The summed E-state index contributed by atoms with van der Waals surface area (Å²) in [5, 5.41) is 0. The normalized spacial score (nSPS) is 20.2. The van der Waals surface area contributed by atoms with E-state index in [0.29, 0.717) is 0 Å². The lowest BCUT2D eigenvalue weighted by atomic mass is 9.72. The highest BCUT2D eigenvalue weighted by Crippen LogP contribution is 2.36. The van der Waals surface area contributed by atoms with E-state index in [1.54, 1.807) is 0 Å². The highest BCUT2D eigenvalue weighted by molar-refractivity contribution is 4.77. The van der Waals surface area contributed by atoms with Crippen molar-refractivity contribution in [1.82, 2.24) is 0 Å². The van der Waals surface area contributed by atoms with Gasteiger partial charge in [0.25, 0.3) is 0 Å². The van der Waals surface area contributed by atoms with E-state index in [-0.39, 0.29) is 0 Å².